The maximum atomic E-state index is 13.0. The van der Waals surface area contributed by atoms with Crippen molar-refractivity contribution in [2.45, 2.75) is 31.2 Å². The number of piperidine rings is 1. The lowest BCUT2D eigenvalue weighted by Crippen LogP contribution is -2.42. The predicted octanol–water partition coefficient (Wildman–Crippen LogP) is 5.24. The topological polar surface area (TPSA) is 70.1 Å². The molecule has 4 rings (SSSR count). The van der Waals surface area contributed by atoms with E-state index in [0.717, 1.165) is 0 Å². The number of likely N-dealkylation sites (tertiary alicyclic amines) is 1. The number of para-hydroxylation sites is 2. The molecule has 0 radical (unpaired) electrons. The molecule has 12 heteroatoms. The lowest BCUT2D eigenvalue weighted by molar-refractivity contribution is -0.143. The molecule has 6 nitrogen and oxygen atoms in total. The first kappa shape index (κ1) is 22.7. The van der Waals surface area contributed by atoms with Crippen LogP contribution in [-0.4, -0.2) is 33.6 Å². The summed E-state index contributed by atoms with van der Waals surface area (Å²) in [6.45, 7) is 0.348. The van der Waals surface area contributed by atoms with Gasteiger partial charge < -0.3 is 15.2 Å². The van der Waals surface area contributed by atoms with Gasteiger partial charge in [-0.05, 0) is 43.2 Å². The fourth-order valence-corrected chi connectivity index (χ4v) is 3.99. The number of fused-ring (bicyclic) bond motifs is 1. The molecule has 0 spiro atoms. The second-order valence-corrected chi connectivity index (χ2v) is 7.76. The largest absolute Gasteiger partial charge is 0.416 e. The number of hydrogen-bond donors (Lipinski definition) is 2. The number of anilines is 1. The molecule has 0 unspecified atom stereocenters. The summed E-state index contributed by atoms with van der Waals surface area (Å²) in [6.07, 6.45) is -9.23. The molecule has 2 heterocycles. The summed E-state index contributed by atoms with van der Waals surface area (Å²) in [6, 6.07) is 7.04. The highest BCUT2D eigenvalue weighted by atomic mass is 19.4. The third-order valence-corrected chi connectivity index (χ3v) is 5.58. The van der Waals surface area contributed by atoms with Crippen molar-refractivity contribution < 1.29 is 31.1 Å². The van der Waals surface area contributed by atoms with E-state index in [4.69, 9.17) is 0 Å². The molecule has 1 saturated heterocycles. The lowest BCUT2D eigenvalue weighted by atomic mass is 10.0. The quantitative estimate of drug-likeness (QED) is 0.501. The van der Waals surface area contributed by atoms with Crippen molar-refractivity contribution in [3.63, 3.8) is 0 Å². The SMILES string of the molecule is O=C(Nc1cc(C(F)(F)F)cc(C(F)(F)F)c1)N1CCC(n2c(=O)[nH]c3ccccc32)CC1. The first-order valence-corrected chi connectivity index (χ1v) is 9.98. The number of nitrogens with one attached hydrogen (secondary N) is 2. The molecule has 0 bridgehead atoms. The third kappa shape index (κ3) is 4.69. The summed E-state index contributed by atoms with van der Waals surface area (Å²) in [5.41, 5.74) is -2.52. The highest BCUT2D eigenvalue weighted by Crippen LogP contribution is 2.37. The van der Waals surface area contributed by atoms with Crippen molar-refractivity contribution in [2.75, 3.05) is 18.4 Å². The van der Waals surface area contributed by atoms with Crippen molar-refractivity contribution in [3.8, 4) is 0 Å². The van der Waals surface area contributed by atoms with Gasteiger partial charge in [-0.3, -0.25) is 4.57 Å². The number of alkyl halides is 6. The van der Waals surface area contributed by atoms with Crippen LogP contribution in [0.15, 0.2) is 47.3 Å². The van der Waals surface area contributed by atoms with Crippen LogP contribution < -0.4 is 11.0 Å². The number of halogens is 6. The van der Waals surface area contributed by atoms with Crippen molar-refractivity contribution in [3.05, 3.63) is 64.1 Å². The smallest absolute Gasteiger partial charge is 0.324 e. The van der Waals surface area contributed by atoms with Gasteiger partial charge in [0, 0.05) is 24.8 Å². The average molecular weight is 472 g/mol. The first-order valence-electron chi connectivity index (χ1n) is 9.98. The highest BCUT2D eigenvalue weighted by molar-refractivity contribution is 5.89. The van der Waals surface area contributed by atoms with Gasteiger partial charge in [0.05, 0.1) is 22.2 Å². The fraction of sp³-hybridized carbons (Fsp3) is 0.333. The summed E-state index contributed by atoms with van der Waals surface area (Å²) < 4.78 is 79.8. The van der Waals surface area contributed by atoms with Crippen molar-refractivity contribution in [1.29, 1.82) is 0 Å². The normalized spacial score (nSPS) is 15.8. The van der Waals surface area contributed by atoms with Gasteiger partial charge >= 0.3 is 24.1 Å². The van der Waals surface area contributed by atoms with Gasteiger partial charge in [0.15, 0.2) is 0 Å². The third-order valence-electron chi connectivity index (χ3n) is 5.58. The average Bonchev–Trinajstić information content (AvgIpc) is 3.08. The van der Waals surface area contributed by atoms with E-state index in [0.29, 0.717) is 36.0 Å². The Balaban J connectivity index is 1.48. The zero-order valence-electron chi connectivity index (χ0n) is 16.9. The molecule has 176 valence electrons. The highest BCUT2D eigenvalue weighted by Gasteiger charge is 2.37. The second-order valence-electron chi connectivity index (χ2n) is 7.76. The minimum Gasteiger partial charge on any atom is -0.324 e. The number of H-pyrrole nitrogens is 1. The van der Waals surface area contributed by atoms with Gasteiger partial charge in [0.1, 0.15) is 0 Å². The molecular weight excluding hydrogens is 454 g/mol. The number of carbonyl (C=O) groups excluding carboxylic acids is 1. The first-order chi connectivity index (χ1) is 15.4. The van der Waals surface area contributed by atoms with Crippen molar-refractivity contribution in [2.24, 2.45) is 0 Å². The second kappa shape index (κ2) is 8.16. The van der Waals surface area contributed by atoms with E-state index in [-0.39, 0.29) is 30.9 Å². The predicted molar refractivity (Wildman–Crippen MR) is 108 cm³/mol. The minimum absolute atomic E-state index is 0.0000801. The maximum absolute atomic E-state index is 13.0. The monoisotopic (exact) mass is 472 g/mol. The Morgan fingerprint density at radius 3 is 2.09 bits per heavy atom. The van der Waals surface area contributed by atoms with E-state index >= 15 is 0 Å². The molecule has 2 amide bonds. The molecule has 1 fully saturated rings. The Morgan fingerprint density at radius 2 is 1.52 bits per heavy atom. The van der Waals surface area contributed by atoms with Crippen LogP contribution in [0.4, 0.5) is 36.8 Å². The number of amides is 2. The van der Waals surface area contributed by atoms with Crippen LogP contribution in [0.1, 0.15) is 30.0 Å². The summed E-state index contributed by atoms with van der Waals surface area (Å²) in [5.74, 6) is 0. The Kier molecular flexibility index (Phi) is 5.62. The molecule has 1 aromatic heterocycles. The number of carbonyl (C=O) groups is 1. The molecule has 33 heavy (non-hydrogen) atoms. The molecule has 3 aromatic rings. The van der Waals surface area contributed by atoms with Crippen molar-refractivity contribution >= 4 is 22.8 Å². The van der Waals surface area contributed by atoms with E-state index in [1.165, 1.54) is 4.90 Å². The van der Waals surface area contributed by atoms with E-state index in [2.05, 4.69) is 10.3 Å². The number of benzene rings is 2. The molecule has 2 aromatic carbocycles. The zero-order chi connectivity index (χ0) is 24.0. The Bertz CT molecular complexity index is 1200. The van der Waals surface area contributed by atoms with Crippen LogP contribution in [0.5, 0.6) is 0 Å². The van der Waals surface area contributed by atoms with E-state index in [1.807, 2.05) is 0 Å². The van der Waals surface area contributed by atoms with Gasteiger partial charge in [-0.25, -0.2) is 9.59 Å². The Labute approximate surface area is 182 Å². The van der Waals surface area contributed by atoms with Crippen LogP contribution in [0, 0.1) is 0 Å². The minimum atomic E-state index is -5.01. The summed E-state index contributed by atoms with van der Waals surface area (Å²) >= 11 is 0. The van der Waals surface area contributed by atoms with Crippen LogP contribution in [0.25, 0.3) is 11.0 Å². The zero-order valence-corrected chi connectivity index (χ0v) is 16.9. The Hall–Kier alpha value is -3.44. The molecule has 0 aliphatic carbocycles. The number of urea groups is 1. The molecule has 0 saturated carbocycles. The van der Waals surface area contributed by atoms with Gasteiger partial charge in [0.25, 0.3) is 0 Å². The van der Waals surface area contributed by atoms with Gasteiger partial charge in [-0.2, -0.15) is 26.3 Å². The summed E-state index contributed by atoms with van der Waals surface area (Å²) in [4.78, 5) is 28.9. The molecule has 1 aliphatic rings. The van der Waals surface area contributed by atoms with Crippen LogP contribution in [0.2, 0.25) is 0 Å². The van der Waals surface area contributed by atoms with Gasteiger partial charge in [-0.1, -0.05) is 12.1 Å². The number of aromatic nitrogens is 2. The number of nitrogens with zero attached hydrogens (tertiary/aromatic N) is 2. The number of rotatable bonds is 2. The van der Waals surface area contributed by atoms with Crippen LogP contribution in [-0.2, 0) is 12.4 Å². The molecule has 2 N–H and O–H groups in total. The number of aromatic amines is 1. The number of hydrogen-bond acceptors (Lipinski definition) is 2. The van der Waals surface area contributed by atoms with Gasteiger partial charge in [-0.15, -0.1) is 0 Å². The van der Waals surface area contributed by atoms with Crippen LogP contribution >= 0.6 is 0 Å². The van der Waals surface area contributed by atoms with Crippen LogP contribution in [0.3, 0.4) is 0 Å². The van der Waals surface area contributed by atoms with Gasteiger partial charge in [0.2, 0.25) is 0 Å². The Morgan fingerprint density at radius 1 is 0.939 bits per heavy atom. The maximum Gasteiger partial charge on any atom is 0.416 e. The summed E-state index contributed by atoms with van der Waals surface area (Å²) in [7, 11) is 0. The summed E-state index contributed by atoms with van der Waals surface area (Å²) in [5, 5.41) is 2.14. The molecular formula is C21H18F6N4O2. The molecule has 0 atom stereocenters. The van der Waals surface area contributed by atoms with E-state index in [1.54, 1.807) is 28.8 Å². The molecule has 1 aliphatic heterocycles. The lowest BCUT2D eigenvalue weighted by Gasteiger charge is -2.32. The fourth-order valence-electron chi connectivity index (χ4n) is 3.99. The number of imidazole rings is 1. The van der Waals surface area contributed by atoms with E-state index in [9.17, 15) is 35.9 Å². The standard InChI is InChI=1S/C21H18F6N4O2/c22-20(23,24)12-9-13(21(25,26)27)11-14(10-12)28-18(32)30-7-5-15(6-8-30)31-17-4-2-1-3-16(17)29-19(31)33/h1-4,9-11,15H,5-8H2,(H,28,32)(H,29,33). The van der Waals surface area contributed by atoms with Crippen molar-refractivity contribution in [1.82, 2.24) is 14.5 Å². The van der Waals surface area contributed by atoms with E-state index < -0.39 is 35.2 Å².